The van der Waals surface area contributed by atoms with Gasteiger partial charge >= 0.3 is 0 Å². The maximum Gasteiger partial charge on any atom is 0.0201 e. The number of hydrogen-bond donors (Lipinski definition) is 3. The number of rotatable bonds is 2. The molecule has 0 unspecified atom stereocenters. The second-order valence-electron chi connectivity index (χ2n) is 2.93. The minimum absolute atomic E-state index is 0.635. The third-order valence-electron chi connectivity index (χ3n) is 1.90. The smallest absolute Gasteiger partial charge is 0.0201 e. The summed E-state index contributed by atoms with van der Waals surface area (Å²) in [5.41, 5.74) is 0. The van der Waals surface area contributed by atoms with E-state index in [0.717, 1.165) is 18.8 Å². The topological polar surface area (TPSA) is 24.1 Å². The van der Waals surface area contributed by atoms with Gasteiger partial charge in [0.1, 0.15) is 0 Å². The average molecular weight is 160 g/mol. The molecule has 0 amide bonds. The molecule has 0 bridgehead atoms. The third-order valence-corrected chi connectivity index (χ3v) is 2.16. The van der Waals surface area contributed by atoms with E-state index in [0.29, 0.717) is 12.1 Å². The predicted octanol–water partition coefficient (Wildman–Crippen LogP) is 0.256. The SMILES string of the molecule is C[C@H]1CN[C@@H](CCS)CN1. The van der Waals surface area contributed by atoms with Crippen molar-refractivity contribution in [3.8, 4) is 0 Å². The largest absolute Gasteiger partial charge is 0.311 e. The fraction of sp³-hybridized carbons (Fsp3) is 1.00. The lowest BCUT2D eigenvalue weighted by Crippen LogP contribution is -2.53. The van der Waals surface area contributed by atoms with Gasteiger partial charge in [0, 0.05) is 25.2 Å². The van der Waals surface area contributed by atoms with E-state index in [1.165, 1.54) is 6.42 Å². The van der Waals surface area contributed by atoms with Gasteiger partial charge in [-0.1, -0.05) is 0 Å². The molecular formula is C7H16N2S. The molecular weight excluding hydrogens is 144 g/mol. The molecule has 0 radical (unpaired) electrons. The Bertz CT molecular complexity index is 89.6. The van der Waals surface area contributed by atoms with Gasteiger partial charge in [0.2, 0.25) is 0 Å². The van der Waals surface area contributed by atoms with Crippen molar-refractivity contribution in [3.63, 3.8) is 0 Å². The normalized spacial score (nSPS) is 34.2. The number of hydrogen-bond acceptors (Lipinski definition) is 3. The molecule has 0 saturated carbocycles. The molecule has 1 aliphatic heterocycles. The Balaban J connectivity index is 2.13. The molecule has 1 aliphatic rings. The van der Waals surface area contributed by atoms with Crippen LogP contribution in [-0.2, 0) is 0 Å². The van der Waals surface area contributed by atoms with Crippen LogP contribution in [0.15, 0.2) is 0 Å². The highest BCUT2D eigenvalue weighted by atomic mass is 32.1. The number of piperazine rings is 1. The zero-order valence-corrected chi connectivity index (χ0v) is 7.32. The van der Waals surface area contributed by atoms with Crippen LogP contribution in [0.5, 0.6) is 0 Å². The summed E-state index contributed by atoms with van der Waals surface area (Å²) < 4.78 is 0. The summed E-state index contributed by atoms with van der Waals surface area (Å²) in [5.74, 6) is 0.980. The predicted molar refractivity (Wildman–Crippen MR) is 47.7 cm³/mol. The molecule has 1 heterocycles. The van der Waals surface area contributed by atoms with Gasteiger partial charge in [0.05, 0.1) is 0 Å². The second-order valence-corrected chi connectivity index (χ2v) is 3.37. The first-order chi connectivity index (χ1) is 4.83. The fourth-order valence-corrected chi connectivity index (χ4v) is 1.50. The van der Waals surface area contributed by atoms with Crippen LogP contribution in [-0.4, -0.2) is 30.9 Å². The van der Waals surface area contributed by atoms with E-state index < -0.39 is 0 Å². The Hall–Kier alpha value is 0.270. The highest BCUT2D eigenvalue weighted by molar-refractivity contribution is 7.80. The van der Waals surface area contributed by atoms with Crippen LogP contribution in [0.3, 0.4) is 0 Å². The lowest BCUT2D eigenvalue weighted by molar-refractivity contribution is 0.355. The summed E-state index contributed by atoms with van der Waals surface area (Å²) in [6, 6.07) is 1.28. The van der Waals surface area contributed by atoms with E-state index in [-0.39, 0.29) is 0 Å². The zero-order chi connectivity index (χ0) is 7.40. The zero-order valence-electron chi connectivity index (χ0n) is 6.43. The summed E-state index contributed by atoms with van der Waals surface area (Å²) in [7, 11) is 0. The molecule has 0 aromatic heterocycles. The summed E-state index contributed by atoms with van der Waals surface area (Å²) in [6.07, 6.45) is 1.17. The second kappa shape index (κ2) is 4.21. The molecule has 2 N–H and O–H groups in total. The van der Waals surface area contributed by atoms with Gasteiger partial charge in [-0.05, 0) is 19.1 Å². The molecule has 0 aromatic rings. The number of nitrogens with one attached hydrogen (secondary N) is 2. The average Bonchev–Trinajstić information content (AvgIpc) is 1.95. The van der Waals surface area contributed by atoms with Gasteiger partial charge in [0.25, 0.3) is 0 Å². The van der Waals surface area contributed by atoms with Gasteiger partial charge in [-0.25, -0.2) is 0 Å². The summed E-state index contributed by atoms with van der Waals surface area (Å²) in [4.78, 5) is 0. The monoisotopic (exact) mass is 160 g/mol. The number of thiol groups is 1. The van der Waals surface area contributed by atoms with Crippen molar-refractivity contribution in [1.82, 2.24) is 10.6 Å². The highest BCUT2D eigenvalue weighted by Crippen LogP contribution is 1.98. The van der Waals surface area contributed by atoms with Crippen LogP contribution >= 0.6 is 12.6 Å². The minimum atomic E-state index is 0.635. The molecule has 0 aromatic carbocycles. The van der Waals surface area contributed by atoms with Gasteiger partial charge in [-0.2, -0.15) is 12.6 Å². The van der Waals surface area contributed by atoms with Crippen LogP contribution in [0, 0.1) is 0 Å². The molecule has 1 rings (SSSR count). The first-order valence-corrected chi connectivity index (χ1v) is 4.54. The Morgan fingerprint density at radius 1 is 1.40 bits per heavy atom. The van der Waals surface area contributed by atoms with Crippen molar-refractivity contribution >= 4 is 12.6 Å². The molecule has 1 saturated heterocycles. The quantitative estimate of drug-likeness (QED) is 0.505. The van der Waals surface area contributed by atoms with Gasteiger partial charge in [-0.15, -0.1) is 0 Å². The van der Waals surface area contributed by atoms with E-state index >= 15 is 0 Å². The van der Waals surface area contributed by atoms with Gasteiger partial charge in [-0.3, -0.25) is 0 Å². The highest BCUT2D eigenvalue weighted by Gasteiger charge is 2.14. The fourth-order valence-electron chi connectivity index (χ4n) is 1.19. The Morgan fingerprint density at radius 3 is 2.70 bits per heavy atom. The Labute approximate surface area is 68.2 Å². The van der Waals surface area contributed by atoms with E-state index in [9.17, 15) is 0 Å². The Kier molecular flexibility index (Phi) is 3.52. The van der Waals surface area contributed by atoms with Crippen LogP contribution in [0.25, 0.3) is 0 Å². The molecule has 0 aliphatic carbocycles. The molecule has 0 spiro atoms. The van der Waals surface area contributed by atoms with E-state index in [1.54, 1.807) is 0 Å². The molecule has 2 nitrogen and oxygen atoms in total. The van der Waals surface area contributed by atoms with E-state index in [1.807, 2.05) is 0 Å². The van der Waals surface area contributed by atoms with Crippen LogP contribution in [0.2, 0.25) is 0 Å². The van der Waals surface area contributed by atoms with Crippen LogP contribution in [0.1, 0.15) is 13.3 Å². The van der Waals surface area contributed by atoms with E-state index in [2.05, 4.69) is 30.2 Å². The summed E-state index contributed by atoms with van der Waals surface area (Å²) in [6.45, 7) is 4.39. The van der Waals surface area contributed by atoms with Crippen LogP contribution in [0.4, 0.5) is 0 Å². The maximum absolute atomic E-state index is 4.19. The van der Waals surface area contributed by atoms with Crippen LogP contribution < -0.4 is 10.6 Å². The van der Waals surface area contributed by atoms with Gasteiger partial charge in [0.15, 0.2) is 0 Å². The first kappa shape index (κ1) is 8.37. The Morgan fingerprint density at radius 2 is 2.20 bits per heavy atom. The van der Waals surface area contributed by atoms with E-state index in [4.69, 9.17) is 0 Å². The van der Waals surface area contributed by atoms with Crippen molar-refractivity contribution in [2.24, 2.45) is 0 Å². The minimum Gasteiger partial charge on any atom is -0.311 e. The van der Waals surface area contributed by atoms with Gasteiger partial charge < -0.3 is 10.6 Å². The summed E-state index contributed by atoms with van der Waals surface area (Å²) >= 11 is 4.19. The third kappa shape index (κ3) is 2.48. The van der Waals surface area contributed by atoms with Crippen molar-refractivity contribution in [2.45, 2.75) is 25.4 Å². The molecule has 60 valence electrons. The first-order valence-electron chi connectivity index (χ1n) is 3.90. The van der Waals surface area contributed by atoms with Crippen molar-refractivity contribution in [3.05, 3.63) is 0 Å². The summed E-state index contributed by atoms with van der Waals surface area (Å²) in [5, 5.41) is 6.88. The standard InChI is InChI=1S/C7H16N2S/c1-6-4-9-7(2-3-10)5-8-6/h6-10H,2-5H2,1H3/t6-,7-/m0/s1. The lowest BCUT2D eigenvalue weighted by atomic mass is 10.1. The van der Waals surface area contributed by atoms with Crippen molar-refractivity contribution < 1.29 is 0 Å². The molecule has 2 atom stereocenters. The lowest BCUT2D eigenvalue weighted by Gasteiger charge is -2.28. The van der Waals surface area contributed by atoms with Crippen molar-refractivity contribution in [2.75, 3.05) is 18.8 Å². The maximum atomic E-state index is 4.19. The molecule has 10 heavy (non-hydrogen) atoms. The molecule has 3 heteroatoms. The van der Waals surface area contributed by atoms with Crippen molar-refractivity contribution in [1.29, 1.82) is 0 Å². The molecule has 1 fully saturated rings.